The monoisotopic (exact) mass is 1160 g/mol. The number of likely N-dealkylation sites (N-methyl/N-ethyl adjacent to an activating group) is 1. The molecule has 0 bridgehead atoms. The van der Waals surface area contributed by atoms with Crippen LogP contribution in [-0.2, 0) is 33.3 Å². The highest BCUT2D eigenvalue weighted by molar-refractivity contribution is 5.70. The third-order valence-corrected chi connectivity index (χ3v) is 16.5. The predicted octanol–water partition coefficient (Wildman–Crippen LogP) is 20.9. The van der Waals surface area contributed by atoms with E-state index in [0.29, 0.717) is 17.4 Å². The van der Waals surface area contributed by atoms with Crippen LogP contribution in [0.2, 0.25) is 0 Å². The third-order valence-electron chi connectivity index (χ3n) is 16.5. The van der Waals surface area contributed by atoms with Crippen LogP contribution in [0.4, 0.5) is 0 Å². The van der Waals surface area contributed by atoms with Crippen LogP contribution in [-0.4, -0.2) is 82.3 Å². The number of allylic oxidation sites excluding steroid dienone is 4. The SMILES string of the molecule is CCCCCCC/C=C\C/C=C\CCCCCCCCCCCCCCCCCCCC(=O)OC(COC(=O)CCCCCCCCCCCCCCCCCCCCCCCCCCCCCC)COC(OCC[N+](C)(C)C)C(=O)[O-]. The van der Waals surface area contributed by atoms with Gasteiger partial charge in [0.25, 0.3) is 0 Å². The number of carboxylic acid groups (broad SMARTS) is 1. The van der Waals surface area contributed by atoms with E-state index in [1.165, 1.54) is 295 Å². The molecule has 0 saturated carbocycles. The Hall–Kier alpha value is -2.23. The van der Waals surface area contributed by atoms with Crippen molar-refractivity contribution < 1.29 is 42.9 Å². The number of quaternary nitrogens is 1. The molecule has 2 atom stereocenters. The second-order valence-corrected chi connectivity index (χ2v) is 25.9. The molecule has 9 nitrogen and oxygen atoms in total. The fourth-order valence-electron chi connectivity index (χ4n) is 10.9. The Kier molecular flexibility index (Phi) is 63.0. The number of carbonyl (C=O) groups excluding carboxylic acids is 3. The summed E-state index contributed by atoms with van der Waals surface area (Å²) in [5, 5.41) is 11.8. The lowest BCUT2D eigenvalue weighted by Crippen LogP contribution is -2.44. The third kappa shape index (κ3) is 65.3. The van der Waals surface area contributed by atoms with Crippen molar-refractivity contribution in [1.29, 1.82) is 0 Å². The second kappa shape index (κ2) is 64.8. The highest BCUT2D eigenvalue weighted by Crippen LogP contribution is 2.19. The summed E-state index contributed by atoms with van der Waals surface area (Å²) in [4.78, 5) is 37.5. The van der Waals surface area contributed by atoms with Crippen molar-refractivity contribution in [3.63, 3.8) is 0 Å². The highest BCUT2D eigenvalue weighted by atomic mass is 16.7. The number of carboxylic acids is 1. The Bertz CT molecular complexity index is 1390. The summed E-state index contributed by atoms with van der Waals surface area (Å²) in [5.41, 5.74) is 0. The van der Waals surface area contributed by atoms with Crippen molar-refractivity contribution in [1.82, 2.24) is 0 Å². The van der Waals surface area contributed by atoms with Crippen molar-refractivity contribution in [2.45, 2.75) is 379 Å². The molecule has 0 rings (SSSR count). The first-order chi connectivity index (χ1) is 40.1. The van der Waals surface area contributed by atoms with Crippen LogP contribution in [0.15, 0.2) is 24.3 Å². The molecule has 2 unspecified atom stereocenters. The Balaban J connectivity index is 4.05. The van der Waals surface area contributed by atoms with Gasteiger partial charge < -0.3 is 33.3 Å². The number of aliphatic carboxylic acids is 1. The second-order valence-electron chi connectivity index (χ2n) is 25.9. The fourth-order valence-corrected chi connectivity index (χ4v) is 10.9. The van der Waals surface area contributed by atoms with E-state index in [-0.39, 0.29) is 32.2 Å². The van der Waals surface area contributed by atoms with Gasteiger partial charge in [-0.2, -0.15) is 0 Å². The summed E-state index contributed by atoms with van der Waals surface area (Å²) in [6, 6.07) is 0. The van der Waals surface area contributed by atoms with Gasteiger partial charge in [-0.3, -0.25) is 9.59 Å². The van der Waals surface area contributed by atoms with Gasteiger partial charge in [0.15, 0.2) is 12.4 Å². The molecule has 0 saturated heterocycles. The van der Waals surface area contributed by atoms with Gasteiger partial charge in [0, 0.05) is 12.8 Å². The zero-order valence-corrected chi connectivity index (χ0v) is 55.4. The maximum absolute atomic E-state index is 12.9. The van der Waals surface area contributed by atoms with Crippen molar-refractivity contribution >= 4 is 17.9 Å². The van der Waals surface area contributed by atoms with Gasteiger partial charge in [-0.15, -0.1) is 0 Å². The van der Waals surface area contributed by atoms with E-state index in [2.05, 4.69) is 38.2 Å². The molecule has 0 amide bonds. The smallest absolute Gasteiger partial charge is 0.306 e. The highest BCUT2D eigenvalue weighted by Gasteiger charge is 2.22. The topological polar surface area (TPSA) is 111 Å². The van der Waals surface area contributed by atoms with Gasteiger partial charge in [-0.25, -0.2) is 0 Å². The minimum absolute atomic E-state index is 0.151. The van der Waals surface area contributed by atoms with Crippen LogP contribution in [0.3, 0.4) is 0 Å². The van der Waals surface area contributed by atoms with Gasteiger partial charge >= 0.3 is 11.9 Å². The van der Waals surface area contributed by atoms with E-state index in [4.69, 9.17) is 18.9 Å². The summed E-state index contributed by atoms with van der Waals surface area (Å²) >= 11 is 0. The van der Waals surface area contributed by atoms with Gasteiger partial charge in [-0.05, 0) is 44.9 Å². The van der Waals surface area contributed by atoms with Crippen LogP contribution < -0.4 is 5.11 Å². The number of ether oxygens (including phenoxy) is 4. The van der Waals surface area contributed by atoms with Crippen molar-refractivity contribution in [2.75, 3.05) is 47.5 Å². The van der Waals surface area contributed by atoms with E-state index >= 15 is 0 Å². The zero-order valence-electron chi connectivity index (χ0n) is 55.4. The van der Waals surface area contributed by atoms with Crippen LogP contribution in [0.25, 0.3) is 0 Å². The lowest BCUT2D eigenvalue weighted by Gasteiger charge is -2.26. The molecule has 9 heteroatoms. The quantitative estimate of drug-likeness (QED) is 0.0195. The van der Waals surface area contributed by atoms with E-state index in [9.17, 15) is 19.5 Å². The van der Waals surface area contributed by atoms with Crippen molar-refractivity contribution in [2.24, 2.45) is 0 Å². The number of carbonyl (C=O) groups is 3. The average Bonchev–Trinajstić information content (AvgIpc) is 3.47. The van der Waals surface area contributed by atoms with Gasteiger partial charge in [-0.1, -0.05) is 334 Å². The Morgan fingerprint density at radius 1 is 0.366 bits per heavy atom. The Morgan fingerprint density at radius 3 is 0.963 bits per heavy atom. The Morgan fingerprint density at radius 2 is 0.659 bits per heavy atom. The van der Waals surface area contributed by atoms with Gasteiger partial charge in [0.2, 0.25) is 0 Å². The van der Waals surface area contributed by atoms with Crippen LogP contribution in [0.5, 0.6) is 0 Å². The van der Waals surface area contributed by atoms with Crippen molar-refractivity contribution in [3.8, 4) is 0 Å². The minimum Gasteiger partial charge on any atom is -0.545 e. The van der Waals surface area contributed by atoms with Crippen LogP contribution in [0, 0.1) is 0 Å². The summed E-state index contributed by atoms with van der Waals surface area (Å²) in [6.07, 6.45) is 77.0. The molecular formula is C73H139NO8. The number of esters is 2. The standard InChI is InChI=1S/C73H139NO8/c1-6-8-10-12-14-16-18-20-22-24-26-28-30-32-34-36-38-40-42-44-46-48-50-52-54-56-58-60-62-64-71(76)82-69(68-81-73(72(77)78)79-66-65-74(3,4)5)67-80-70(75)63-61-59-57-55-53-51-49-47-45-43-41-39-37-35-33-31-29-27-25-23-21-19-17-15-13-11-9-7-2/h18,20,24,26,69,73H,6-17,19,21-23,25,27-68H2,1-5H3/b20-18-,26-24-. The van der Waals surface area contributed by atoms with E-state index < -0.39 is 24.3 Å². The van der Waals surface area contributed by atoms with Crippen LogP contribution >= 0.6 is 0 Å². The fraction of sp³-hybridized carbons (Fsp3) is 0.904. The molecule has 0 spiro atoms. The number of nitrogens with zero attached hydrogens (tertiary/aromatic N) is 1. The molecular weight excluding hydrogens is 1020 g/mol. The average molecular weight is 1160 g/mol. The van der Waals surface area contributed by atoms with E-state index in [0.717, 1.165) is 44.9 Å². The molecule has 82 heavy (non-hydrogen) atoms. The van der Waals surface area contributed by atoms with E-state index in [1.54, 1.807) is 0 Å². The molecule has 0 N–H and O–H groups in total. The molecule has 0 radical (unpaired) electrons. The van der Waals surface area contributed by atoms with Crippen molar-refractivity contribution in [3.05, 3.63) is 24.3 Å². The predicted molar refractivity (Wildman–Crippen MR) is 348 cm³/mol. The maximum atomic E-state index is 12.9. The molecule has 0 aromatic heterocycles. The first-order valence-electron chi connectivity index (χ1n) is 36.0. The summed E-state index contributed by atoms with van der Waals surface area (Å²) in [5.74, 6) is -2.25. The lowest BCUT2D eigenvalue weighted by atomic mass is 10.0. The first kappa shape index (κ1) is 79.8. The molecule has 0 aliphatic heterocycles. The Labute approximate surface area is 509 Å². The molecule has 0 heterocycles. The molecule has 0 fully saturated rings. The molecule has 0 aromatic rings. The number of hydrogen-bond acceptors (Lipinski definition) is 8. The minimum atomic E-state index is -1.62. The number of rotatable bonds is 68. The summed E-state index contributed by atoms with van der Waals surface area (Å²) in [6.45, 7) is 4.82. The maximum Gasteiger partial charge on any atom is 0.306 e. The normalized spacial score (nSPS) is 12.7. The molecule has 484 valence electrons. The number of unbranched alkanes of at least 4 members (excludes halogenated alkanes) is 49. The molecule has 0 aliphatic carbocycles. The summed E-state index contributed by atoms with van der Waals surface area (Å²) < 4.78 is 22.8. The van der Waals surface area contributed by atoms with E-state index in [1.807, 2.05) is 21.1 Å². The van der Waals surface area contributed by atoms with Crippen LogP contribution in [0.1, 0.15) is 367 Å². The lowest BCUT2D eigenvalue weighted by molar-refractivity contribution is -0.870. The molecule has 0 aliphatic rings. The molecule has 0 aromatic carbocycles. The first-order valence-corrected chi connectivity index (χ1v) is 36.0. The largest absolute Gasteiger partial charge is 0.545 e. The van der Waals surface area contributed by atoms with Gasteiger partial charge in [0.05, 0.1) is 40.3 Å². The number of hydrogen-bond donors (Lipinski definition) is 0. The summed E-state index contributed by atoms with van der Waals surface area (Å²) in [7, 11) is 5.95. The van der Waals surface area contributed by atoms with Gasteiger partial charge in [0.1, 0.15) is 13.2 Å². The zero-order chi connectivity index (χ0) is 59.8.